The van der Waals surface area contributed by atoms with Crippen LogP contribution in [0, 0.1) is 11.3 Å². The van der Waals surface area contributed by atoms with Gasteiger partial charge in [0.15, 0.2) is 8.07 Å². The van der Waals surface area contributed by atoms with E-state index in [-0.39, 0.29) is 0 Å². The molecule has 4 aromatic heterocycles. The molecule has 0 aliphatic carbocycles. The molecule has 15 rings (SSSR count). The molecule has 71 heavy (non-hydrogen) atoms. The fourth-order valence-electron chi connectivity index (χ4n) is 12.4. The molecule has 2 aliphatic rings. The van der Waals surface area contributed by atoms with E-state index in [1.165, 1.54) is 31.9 Å². The first kappa shape index (κ1) is 39.6. The Bertz CT molecular complexity index is 4180. The zero-order chi connectivity index (χ0) is 46.8. The van der Waals surface area contributed by atoms with Crippen LogP contribution in [-0.4, -0.2) is 27.2 Å². The van der Waals surface area contributed by atoms with Crippen molar-refractivity contribution in [2.75, 3.05) is 0 Å². The van der Waals surface area contributed by atoms with Crippen molar-refractivity contribution in [1.82, 2.24) is 19.1 Å². The lowest BCUT2D eigenvalue weighted by Gasteiger charge is -2.29. The van der Waals surface area contributed by atoms with Gasteiger partial charge in [-0.25, -0.2) is 0 Å². The average molecular weight is 918 g/mol. The molecule has 9 aromatic carbocycles. The largest absolute Gasteiger partial charge is 0.308 e. The zero-order valence-electron chi connectivity index (χ0n) is 38.3. The van der Waals surface area contributed by atoms with Gasteiger partial charge in [0.1, 0.15) is 11.6 Å². The molecule has 0 unspecified atom stereocenters. The fourth-order valence-corrected chi connectivity index (χ4v) is 18.1. The summed E-state index contributed by atoms with van der Waals surface area (Å²) in [7, 11) is -3.02. The Balaban J connectivity index is 1.08. The standard InChI is InChI=1S/C65H39N5Si/c66-40-53-58(69-54-25-10-7-20-47(54)51-36-43(30-32-56(51)69)41-16-3-1-4-17-41)38-45(39-59(53)70-55-26-11-8-21-48(55)52-37-44(31-33-57(52)70)42-18-5-2-6-19-42)46-23-13-24-50-49-22-9-12-27-60(49)71(65(46)50)61-28-14-34-67-63(61)64-62(71)29-15-35-68-64/h1-39H. The molecule has 0 amide bonds. The molecule has 0 saturated heterocycles. The van der Waals surface area contributed by atoms with Crippen molar-refractivity contribution in [2.24, 2.45) is 0 Å². The molecular formula is C65H39N5Si. The molecule has 1 spiro atoms. The second-order valence-corrected chi connectivity index (χ2v) is 22.3. The summed E-state index contributed by atoms with van der Waals surface area (Å²) in [6, 6.07) is 84.0. The quantitative estimate of drug-likeness (QED) is 0.162. The van der Waals surface area contributed by atoms with Gasteiger partial charge in [0.2, 0.25) is 0 Å². The Morgan fingerprint density at radius 1 is 0.352 bits per heavy atom. The van der Waals surface area contributed by atoms with Crippen LogP contribution in [0.1, 0.15) is 5.56 Å². The summed E-state index contributed by atoms with van der Waals surface area (Å²) in [6.07, 6.45) is 3.81. The lowest BCUT2D eigenvalue weighted by Crippen LogP contribution is -2.71. The van der Waals surface area contributed by atoms with Crippen molar-refractivity contribution < 1.29 is 0 Å². The van der Waals surface area contributed by atoms with Gasteiger partial charge in [-0.3, -0.25) is 9.97 Å². The number of aromatic nitrogens is 4. The van der Waals surface area contributed by atoms with Crippen LogP contribution in [0.15, 0.2) is 237 Å². The number of benzene rings is 9. The van der Waals surface area contributed by atoms with Crippen molar-refractivity contribution in [3.8, 4) is 73.3 Å². The van der Waals surface area contributed by atoms with E-state index in [1.807, 2.05) is 12.4 Å². The normalized spacial score (nSPS) is 12.9. The predicted molar refractivity (Wildman–Crippen MR) is 293 cm³/mol. The first-order valence-corrected chi connectivity index (χ1v) is 26.1. The highest BCUT2D eigenvalue weighted by atomic mass is 28.3. The number of nitriles is 1. The summed E-state index contributed by atoms with van der Waals surface area (Å²) in [4.78, 5) is 10.2. The Hall–Kier alpha value is -9.41. The molecule has 0 fully saturated rings. The van der Waals surface area contributed by atoms with Crippen molar-refractivity contribution in [2.45, 2.75) is 0 Å². The molecule has 5 nitrogen and oxygen atoms in total. The van der Waals surface area contributed by atoms with Gasteiger partial charge in [-0.15, -0.1) is 0 Å². The maximum Gasteiger partial charge on any atom is 0.186 e. The SMILES string of the molecule is N#Cc1c(-n2c3ccccc3c3cc(-c4ccccc4)ccc32)cc(-c2cccc3c2[Si]2(c4ccccc4-3)c3cccnc3-c3ncccc32)cc1-n1c2ccccc2c2cc(-c3ccccc3)ccc21. The van der Waals surface area contributed by atoms with Gasteiger partial charge in [-0.2, -0.15) is 5.26 Å². The van der Waals surface area contributed by atoms with Gasteiger partial charge in [0.25, 0.3) is 0 Å². The van der Waals surface area contributed by atoms with E-state index in [0.717, 1.165) is 99.8 Å². The maximum absolute atomic E-state index is 11.9. The lowest BCUT2D eigenvalue weighted by molar-refractivity contribution is 1.12. The third kappa shape index (κ3) is 5.44. The highest BCUT2D eigenvalue weighted by molar-refractivity contribution is 7.24. The van der Waals surface area contributed by atoms with Gasteiger partial charge in [-0.05, 0) is 126 Å². The molecule has 0 saturated carbocycles. The third-order valence-corrected chi connectivity index (χ3v) is 20.2. The Morgan fingerprint density at radius 3 is 1.38 bits per heavy atom. The summed E-state index contributed by atoms with van der Waals surface area (Å²) in [5, 5.41) is 21.6. The summed E-state index contributed by atoms with van der Waals surface area (Å²) >= 11 is 0. The van der Waals surface area contributed by atoms with E-state index in [9.17, 15) is 5.26 Å². The van der Waals surface area contributed by atoms with Crippen molar-refractivity contribution in [3.05, 3.63) is 242 Å². The average Bonchev–Trinajstić information content (AvgIpc) is 4.15. The van der Waals surface area contributed by atoms with Gasteiger partial charge in [-0.1, -0.05) is 164 Å². The molecule has 6 heterocycles. The Kier molecular flexibility index (Phi) is 8.38. The van der Waals surface area contributed by atoms with Gasteiger partial charge in [0.05, 0.1) is 44.8 Å². The maximum atomic E-state index is 11.9. The number of para-hydroxylation sites is 2. The van der Waals surface area contributed by atoms with E-state index < -0.39 is 8.07 Å². The van der Waals surface area contributed by atoms with Crippen molar-refractivity contribution >= 4 is 72.4 Å². The van der Waals surface area contributed by atoms with E-state index >= 15 is 0 Å². The lowest BCUT2D eigenvalue weighted by atomic mass is 9.96. The molecular weight excluding hydrogens is 879 g/mol. The third-order valence-electron chi connectivity index (χ3n) is 15.3. The number of pyridine rings is 2. The van der Waals surface area contributed by atoms with Crippen LogP contribution in [0.4, 0.5) is 0 Å². The van der Waals surface area contributed by atoms with Gasteiger partial charge < -0.3 is 9.13 Å². The first-order valence-electron chi connectivity index (χ1n) is 24.1. The number of rotatable bonds is 5. The molecule has 2 aliphatic heterocycles. The highest BCUT2D eigenvalue weighted by Crippen LogP contribution is 2.44. The summed E-state index contributed by atoms with van der Waals surface area (Å²) in [5.74, 6) is 0. The minimum absolute atomic E-state index is 0.589. The van der Waals surface area contributed by atoms with Crippen molar-refractivity contribution in [1.29, 1.82) is 5.26 Å². The van der Waals surface area contributed by atoms with Crippen LogP contribution in [0.25, 0.3) is 111 Å². The molecule has 0 N–H and O–H groups in total. The first-order chi connectivity index (χ1) is 35.2. The highest BCUT2D eigenvalue weighted by Gasteiger charge is 2.56. The van der Waals surface area contributed by atoms with Gasteiger partial charge in [0, 0.05) is 33.9 Å². The summed E-state index contributed by atoms with van der Waals surface area (Å²) in [6.45, 7) is 0. The number of hydrogen-bond donors (Lipinski definition) is 0. The van der Waals surface area contributed by atoms with Gasteiger partial charge >= 0.3 is 0 Å². The monoisotopic (exact) mass is 917 g/mol. The predicted octanol–water partition coefficient (Wildman–Crippen LogP) is 12.9. The number of fused-ring (bicyclic) bond motifs is 16. The van der Waals surface area contributed by atoms with Crippen LogP contribution in [0.5, 0.6) is 0 Å². The number of nitrogens with zero attached hydrogens (tertiary/aromatic N) is 5. The molecule has 0 atom stereocenters. The summed E-state index contributed by atoms with van der Waals surface area (Å²) in [5.41, 5.74) is 17.6. The van der Waals surface area contributed by atoms with Crippen molar-refractivity contribution in [3.63, 3.8) is 0 Å². The summed E-state index contributed by atoms with van der Waals surface area (Å²) < 4.78 is 4.68. The van der Waals surface area contributed by atoms with Crippen LogP contribution in [0.3, 0.4) is 0 Å². The van der Waals surface area contributed by atoms with E-state index in [2.05, 4.69) is 240 Å². The molecule has 6 heteroatoms. The number of hydrogen-bond acceptors (Lipinski definition) is 3. The minimum atomic E-state index is -3.02. The molecule has 328 valence electrons. The molecule has 0 radical (unpaired) electrons. The smallest absolute Gasteiger partial charge is 0.186 e. The Morgan fingerprint density at radius 2 is 0.817 bits per heavy atom. The van der Waals surface area contributed by atoms with E-state index in [0.29, 0.717) is 5.56 Å². The topological polar surface area (TPSA) is 59.4 Å². The zero-order valence-corrected chi connectivity index (χ0v) is 39.3. The molecule has 0 bridgehead atoms. The van der Waals surface area contributed by atoms with Crippen LogP contribution >= 0.6 is 0 Å². The second-order valence-electron chi connectivity index (χ2n) is 18.7. The minimum Gasteiger partial charge on any atom is -0.308 e. The molecule has 13 aromatic rings. The van der Waals surface area contributed by atoms with Crippen LogP contribution in [-0.2, 0) is 0 Å². The van der Waals surface area contributed by atoms with Crippen LogP contribution < -0.4 is 20.7 Å². The van der Waals surface area contributed by atoms with Crippen LogP contribution in [0.2, 0.25) is 0 Å². The van der Waals surface area contributed by atoms with E-state index in [1.54, 1.807) is 0 Å². The Labute approximate surface area is 410 Å². The fraction of sp³-hybridized carbons (Fsp3) is 0. The second kappa shape index (κ2) is 15.0. The van der Waals surface area contributed by atoms with E-state index in [4.69, 9.17) is 9.97 Å².